The van der Waals surface area contributed by atoms with Crippen molar-refractivity contribution in [1.82, 2.24) is 0 Å². The number of hydrogen-bond donors (Lipinski definition) is 3. The minimum Gasteiger partial charge on any atom is -0.497 e. The molecule has 0 saturated carbocycles. The lowest BCUT2D eigenvalue weighted by molar-refractivity contribution is 0.0482. The number of carbonyl (C=O) groups is 1. The molecular formula is C22H32O7. The van der Waals surface area contributed by atoms with Crippen LogP contribution >= 0.6 is 0 Å². The van der Waals surface area contributed by atoms with E-state index in [2.05, 4.69) is 0 Å². The molecule has 0 amide bonds. The van der Waals surface area contributed by atoms with Gasteiger partial charge in [0.15, 0.2) is 6.79 Å². The zero-order chi connectivity index (χ0) is 21.8. The Bertz CT molecular complexity index is 695. The number of methoxy groups -OCH3 is 2. The molecule has 3 N–H and O–H groups in total. The summed E-state index contributed by atoms with van der Waals surface area (Å²) < 4.78 is 15.5. The summed E-state index contributed by atoms with van der Waals surface area (Å²) >= 11 is 0. The predicted octanol–water partition coefficient (Wildman–Crippen LogP) is 3.49. The van der Waals surface area contributed by atoms with Crippen LogP contribution in [-0.4, -0.2) is 54.5 Å². The summed E-state index contributed by atoms with van der Waals surface area (Å²) in [6.07, 6.45) is 7.92. The van der Waals surface area contributed by atoms with Crippen LogP contribution in [0.3, 0.4) is 0 Å². The van der Waals surface area contributed by atoms with Crippen molar-refractivity contribution in [2.24, 2.45) is 5.92 Å². The third kappa shape index (κ3) is 8.68. The van der Waals surface area contributed by atoms with Gasteiger partial charge in [0.05, 0.1) is 19.3 Å². The van der Waals surface area contributed by atoms with Crippen molar-refractivity contribution >= 4 is 12.0 Å². The third-order valence-corrected chi connectivity index (χ3v) is 4.37. The first kappa shape index (κ1) is 24.7. The van der Waals surface area contributed by atoms with Gasteiger partial charge in [0, 0.05) is 13.2 Å². The molecule has 0 aliphatic carbocycles. The van der Waals surface area contributed by atoms with Crippen LogP contribution in [0.1, 0.15) is 49.0 Å². The summed E-state index contributed by atoms with van der Waals surface area (Å²) in [6.45, 7) is 3.56. The summed E-state index contributed by atoms with van der Waals surface area (Å²) in [5, 5.41) is 29.0. The number of hydrogen-bond acceptors (Lipinski definition) is 6. The maximum Gasteiger partial charge on any atom is 0.340 e. The second kappa shape index (κ2) is 13.0. The predicted molar refractivity (Wildman–Crippen MR) is 111 cm³/mol. The van der Waals surface area contributed by atoms with E-state index in [9.17, 15) is 20.1 Å². The van der Waals surface area contributed by atoms with Gasteiger partial charge in [-0.15, -0.1) is 0 Å². The Morgan fingerprint density at radius 1 is 1.17 bits per heavy atom. The van der Waals surface area contributed by atoms with Crippen molar-refractivity contribution in [1.29, 1.82) is 0 Å². The van der Waals surface area contributed by atoms with E-state index in [0.717, 1.165) is 6.42 Å². The van der Waals surface area contributed by atoms with Crippen molar-refractivity contribution in [2.45, 2.75) is 45.3 Å². The Balaban J connectivity index is 2.84. The average Bonchev–Trinajstić information content (AvgIpc) is 2.68. The molecule has 3 atom stereocenters. The summed E-state index contributed by atoms with van der Waals surface area (Å²) in [5.41, 5.74) is 0.501. The van der Waals surface area contributed by atoms with Gasteiger partial charge in [-0.3, -0.25) is 0 Å². The molecule has 7 nitrogen and oxygen atoms in total. The number of aliphatic hydroxyl groups is 2. The SMILES string of the molecule is COCOc1cc(OC)cc(/C=C/CC[C@H](C)C(O)/C=C\C[C@H](C)O)c1C(=O)O. The van der Waals surface area contributed by atoms with E-state index in [4.69, 9.17) is 14.2 Å². The summed E-state index contributed by atoms with van der Waals surface area (Å²) in [6, 6.07) is 3.15. The first-order valence-electron chi connectivity index (χ1n) is 9.56. The van der Waals surface area contributed by atoms with E-state index >= 15 is 0 Å². The summed E-state index contributed by atoms with van der Waals surface area (Å²) in [4.78, 5) is 11.7. The molecule has 0 bridgehead atoms. The van der Waals surface area contributed by atoms with Gasteiger partial charge in [0.1, 0.15) is 17.1 Å². The number of aromatic carboxylic acids is 1. The molecule has 7 heteroatoms. The van der Waals surface area contributed by atoms with Gasteiger partial charge >= 0.3 is 5.97 Å². The highest BCUT2D eigenvalue weighted by atomic mass is 16.7. The molecule has 1 aromatic rings. The van der Waals surface area contributed by atoms with Gasteiger partial charge in [-0.1, -0.05) is 31.2 Å². The zero-order valence-electron chi connectivity index (χ0n) is 17.5. The molecule has 0 saturated heterocycles. The highest BCUT2D eigenvalue weighted by Gasteiger charge is 2.18. The van der Waals surface area contributed by atoms with Crippen molar-refractivity contribution in [3.05, 3.63) is 41.5 Å². The van der Waals surface area contributed by atoms with E-state index in [1.165, 1.54) is 20.3 Å². The van der Waals surface area contributed by atoms with Crippen molar-refractivity contribution in [3.8, 4) is 11.5 Å². The lowest BCUT2D eigenvalue weighted by atomic mass is 9.97. The maximum absolute atomic E-state index is 11.7. The second-order valence-corrected chi connectivity index (χ2v) is 6.91. The fourth-order valence-electron chi connectivity index (χ4n) is 2.67. The minimum atomic E-state index is -1.11. The highest BCUT2D eigenvalue weighted by molar-refractivity contribution is 5.95. The van der Waals surface area contributed by atoms with Gasteiger partial charge in [0.2, 0.25) is 0 Å². The van der Waals surface area contributed by atoms with Gasteiger partial charge in [0.25, 0.3) is 0 Å². The van der Waals surface area contributed by atoms with Crippen molar-refractivity contribution in [3.63, 3.8) is 0 Å². The first-order chi connectivity index (χ1) is 13.8. The summed E-state index contributed by atoms with van der Waals surface area (Å²) in [7, 11) is 2.95. The third-order valence-electron chi connectivity index (χ3n) is 4.37. The van der Waals surface area contributed by atoms with E-state index in [0.29, 0.717) is 24.2 Å². The quantitative estimate of drug-likeness (QED) is 0.339. The smallest absolute Gasteiger partial charge is 0.340 e. The molecule has 1 aromatic carbocycles. The molecule has 0 aromatic heterocycles. The van der Waals surface area contributed by atoms with Crippen LogP contribution in [-0.2, 0) is 4.74 Å². The molecule has 0 aliphatic rings. The number of ether oxygens (including phenoxy) is 3. The lowest BCUT2D eigenvalue weighted by Gasteiger charge is -2.15. The standard InChI is InChI=1S/C22H32O7/c1-15(19(24)11-7-9-16(2)23)8-5-6-10-17-12-18(28-4)13-20(29-14-27-3)21(17)22(25)26/h6-7,10-13,15-16,19,23-24H,5,8-9,14H2,1-4H3,(H,25,26)/b10-6+,11-7-/t15-,16-,19?/m0/s1. The monoisotopic (exact) mass is 408 g/mol. The number of carboxylic acids is 1. The minimum absolute atomic E-state index is 0.0229. The Labute approximate surface area is 172 Å². The van der Waals surface area contributed by atoms with Crippen molar-refractivity contribution in [2.75, 3.05) is 21.0 Å². The fourth-order valence-corrected chi connectivity index (χ4v) is 2.67. The van der Waals surface area contributed by atoms with Gasteiger partial charge in [-0.25, -0.2) is 4.79 Å². The topological polar surface area (TPSA) is 105 Å². The zero-order valence-corrected chi connectivity index (χ0v) is 17.5. The van der Waals surface area contributed by atoms with Crippen LogP contribution in [0, 0.1) is 5.92 Å². The maximum atomic E-state index is 11.7. The molecule has 29 heavy (non-hydrogen) atoms. The van der Waals surface area contributed by atoms with E-state index in [1.807, 2.05) is 13.0 Å². The summed E-state index contributed by atoms with van der Waals surface area (Å²) in [5.74, 6) is -0.432. The van der Waals surface area contributed by atoms with E-state index in [-0.39, 0.29) is 24.0 Å². The number of allylic oxidation sites excluding steroid dienone is 1. The van der Waals surface area contributed by atoms with Crippen LogP contribution in [0.2, 0.25) is 0 Å². The van der Waals surface area contributed by atoms with Crippen LogP contribution in [0.25, 0.3) is 6.08 Å². The van der Waals surface area contributed by atoms with Crippen LogP contribution in [0.4, 0.5) is 0 Å². The molecule has 0 spiro atoms. The van der Waals surface area contributed by atoms with E-state index < -0.39 is 18.2 Å². The molecule has 1 rings (SSSR count). The Morgan fingerprint density at radius 2 is 1.90 bits per heavy atom. The van der Waals surface area contributed by atoms with Crippen LogP contribution < -0.4 is 9.47 Å². The Morgan fingerprint density at radius 3 is 2.48 bits per heavy atom. The number of rotatable bonds is 13. The van der Waals surface area contributed by atoms with E-state index in [1.54, 1.807) is 31.2 Å². The van der Waals surface area contributed by atoms with Crippen LogP contribution in [0.5, 0.6) is 11.5 Å². The van der Waals surface area contributed by atoms with Crippen molar-refractivity contribution < 1.29 is 34.3 Å². The average molecular weight is 408 g/mol. The van der Waals surface area contributed by atoms with Gasteiger partial charge in [-0.2, -0.15) is 0 Å². The first-order valence-corrected chi connectivity index (χ1v) is 9.56. The molecule has 162 valence electrons. The number of carboxylic acid groups (broad SMARTS) is 1. The molecular weight excluding hydrogens is 376 g/mol. The van der Waals surface area contributed by atoms with Gasteiger partial charge < -0.3 is 29.5 Å². The van der Waals surface area contributed by atoms with Crippen LogP contribution in [0.15, 0.2) is 30.4 Å². The highest BCUT2D eigenvalue weighted by Crippen LogP contribution is 2.30. The fraction of sp³-hybridized carbons (Fsp3) is 0.500. The molecule has 1 unspecified atom stereocenters. The Hall–Kier alpha value is -2.35. The molecule has 0 aliphatic heterocycles. The molecule has 0 radical (unpaired) electrons. The molecule has 0 fully saturated rings. The molecule has 0 heterocycles. The number of aliphatic hydroxyl groups excluding tert-OH is 2. The second-order valence-electron chi connectivity index (χ2n) is 6.91. The largest absolute Gasteiger partial charge is 0.497 e. The lowest BCUT2D eigenvalue weighted by Crippen LogP contribution is -2.14. The normalized spacial score (nSPS) is 14.8. The Kier molecular flexibility index (Phi) is 11.1. The number of benzene rings is 1. The van der Waals surface area contributed by atoms with Gasteiger partial charge in [-0.05, 0) is 43.7 Å².